The second-order valence-electron chi connectivity index (χ2n) is 5.19. The van der Waals surface area contributed by atoms with Gasteiger partial charge >= 0.3 is 0 Å². The molecule has 0 unspecified atom stereocenters. The number of hydrogen-bond acceptors (Lipinski definition) is 4. The number of nitrogens with zero attached hydrogens (tertiary/aromatic N) is 4. The number of amides is 1. The Morgan fingerprint density at radius 2 is 1.91 bits per heavy atom. The molecule has 23 heavy (non-hydrogen) atoms. The van der Waals surface area contributed by atoms with E-state index in [9.17, 15) is 4.79 Å². The van der Waals surface area contributed by atoms with Crippen LogP contribution >= 0.6 is 15.9 Å². The van der Waals surface area contributed by atoms with Gasteiger partial charge in [-0.15, -0.1) is 5.10 Å². The van der Waals surface area contributed by atoms with Crippen molar-refractivity contribution in [2.75, 3.05) is 26.2 Å². The number of rotatable bonds is 7. The first-order chi connectivity index (χ1) is 11.1. The van der Waals surface area contributed by atoms with Gasteiger partial charge in [-0.25, -0.2) is 4.68 Å². The lowest BCUT2D eigenvalue weighted by atomic mass is 10.3. The zero-order chi connectivity index (χ0) is 16.8. The van der Waals surface area contributed by atoms with Gasteiger partial charge in [-0.1, -0.05) is 35.0 Å². The molecule has 0 saturated heterocycles. The second-order valence-corrected chi connectivity index (χ2v) is 6.11. The Morgan fingerprint density at radius 3 is 2.52 bits per heavy atom. The minimum atomic E-state index is -0.182. The highest BCUT2D eigenvalue weighted by atomic mass is 79.9. The lowest BCUT2D eigenvalue weighted by Crippen LogP contribution is -2.35. The highest BCUT2D eigenvalue weighted by Crippen LogP contribution is 2.16. The molecule has 0 bridgehead atoms. The maximum Gasteiger partial charge on any atom is 0.273 e. The largest absolute Gasteiger partial charge is 0.349 e. The van der Waals surface area contributed by atoms with Crippen molar-refractivity contribution in [2.24, 2.45) is 0 Å². The smallest absolute Gasteiger partial charge is 0.273 e. The summed E-state index contributed by atoms with van der Waals surface area (Å²) in [5, 5.41) is 11.0. The summed E-state index contributed by atoms with van der Waals surface area (Å²) in [6, 6.07) is 7.71. The van der Waals surface area contributed by atoms with Gasteiger partial charge in [-0.3, -0.25) is 4.79 Å². The van der Waals surface area contributed by atoms with Crippen LogP contribution in [0.1, 0.15) is 30.0 Å². The van der Waals surface area contributed by atoms with E-state index in [0.717, 1.165) is 35.5 Å². The average molecular weight is 380 g/mol. The summed E-state index contributed by atoms with van der Waals surface area (Å²) in [5.74, 6) is -0.182. The van der Waals surface area contributed by atoms with Crippen molar-refractivity contribution in [1.29, 1.82) is 0 Å². The number of halogens is 1. The molecule has 1 heterocycles. The third-order valence-electron chi connectivity index (χ3n) is 3.79. The predicted octanol–water partition coefficient (Wildman–Crippen LogP) is 2.41. The van der Waals surface area contributed by atoms with Gasteiger partial charge in [0.1, 0.15) is 0 Å². The Bertz CT molecular complexity index is 649. The van der Waals surface area contributed by atoms with E-state index in [-0.39, 0.29) is 5.91 Å². The maximum absolute atomic E-state index is 12.3. The van der Waals surface area contributed by atoms with Crippen molar-refractivity contribution in [3.05, 3.63) is 40.1 Å². The molecule has 1 N–H and O–H groups in total. The van der Waals surface area contributed by atoms with E-state index in [1.165, 1.54) is 0 Å². The van der Waals surface area contributed by atoms with Crippen molar-refractivity contribution < 1.29 is 4.79 Å². The number of aromatic nitrogens is 3. The molecule has 0 atom stereocenters. The van der Waals surface area contributed by atoms with Crippen LogP contribution in [0.5, 0.6) is 0 Å². The van der Waals surface area contributed by atoms with Crippen LogP contribution in [-0.2, 0) is 0 Å². The number of carbonyl (C=O) groups excluding carboxylic acids is 1. The SMILES string of the molecule is CCN(CC)CCNC(=O)c1nnn(-c2ccc(Br)cc2)c1C. The van der Waals surface area contributed by atoms with Crippen LogP contribution in [-0.4, -0.2) is 52.0 Å². The normalized spacial score (nSPS) is 11.0. The number of hydrogen-bond donors (Lipinski definition) is 1. The Hall–Kier alpha value is -1.73. The topological polar surface area (TPSA) is 63.1 Å². The van der Waals surface area contributed by atoms with Gasteiger partial charge in [0.25, 0.3) is 5.91 Å². The predicted molar refractivity (Wildman–Crippen MR) is 93.9 cm³/mol. The van der Waals surface area contributed by atoms with Gasteiger partial charge in [0.05, 0.1) is 11.4 Å². The van der Waals surface area contributed by atoms with E-state index in [2.05, 4.69) is 50.3 Å². The molecule has 0 radical (unpaired) electrons. The van der Waals surface area contributed by atoms with E-state index in [1.807, 2.05) is 31.2 Å². The lowest BCUT2D eigenvalue weighted by Gasteiger charge is -2.17. The summed E-state index contributed by atoms with van der Waals surface area (Å²) in [7, 11) is 0. The molecule has 124 valence electrons. The Labute approximate surface area is 145 Å². The summed E-state index contributed by atoms with van der Waals surface area (Å²) in [4.78, 5) is 14.5. The van der Waals surface area contributed by atoms with Crippen LogP contribution in [0.25, 0.3) is 5.69 Å². The van der Waals surface area contributed by atoms with Gasteiger partial charge in [0.15, 0.2) is 5.69 Å². The number of nitrogens with one attached hydrogen (secondary N) is 1. The molecule has 0 aliphatic heterocycles. The quantitative estimate of drug-likeness (QED) is 0.802. The molecule has 0 aliphatic rings. The summed E-state index contributed by atoms with van der Waals surface area (Å²) in [6.07, 6.45) is 0. The van der Waals surface area contributed by atoms with Gasteiger partial charge in [-0.2, -0.15) is 0 Å². The molecule has 6 nitrogen and oxygen atoms in total. The second kappa shape index (κ2) is 8.21. The first kappa shape index (κ1) is 17.6. The molecule has 0 saturated carbocycles. The van der Waals surface area contributed by atoms with Gasteiger partial charge < -0.3 is 10.2 Å². The van der Waals surface area contributed by atoms with Gasteiger partial charge in [0.2, 0.25) is 0 Å². The summed E-state index contributed by atoms with van der Waals surface area (Å²) >= 11 is 3.40. The van der Waals surface area contributed by atoms with E-state index >= 15 is 0 Å². The van der Waals surface area contributed by atoms with Crippen LogP contribution in [0.2, 0.25) is 0 Å². The zero-order valence-electron chi connectivity index (χ0n) is 13.7. The van der Waals surface area contributed by atoms with Gasteiger partial charge in [-0.05, 0) is 44.3 Å². The molecule has 0 spiro atoms. The lowest BCUT2D eigenvalue weighted by molar-refractivity contribution is 0.0943. The fraction of sp³-hybridized carbons (Fsp3) is 0.438. The van der Waals surface area contributed by atoms with Crippen molar-refractivity contribution in [3.63, 3.8) is 0 Å². The van der Waals surface area contributed by atoms with E-state index in [1.54, 1.807) is 4.68 Å². The Balaban J connectivity index is 2.03. The minimum Gasteiger partial charge on any atom is -0.349 e. The maximum atomic E-state index is 12.3. The molecule has 2 aromatic rings. The van der Waals surface area contributed by atoms with Crippen molar-refractivity contribution >= 4 is 21.8 Å². The van der Waals surface area contributed by atoms with Crippen molar-refractivity contribution in [2.45, 2.75) is 20.8 Å². The minimum absolute atomic E-state index is 0.182. The van der Waals surface area contributed by atoms with E-state index in [0.29, 0.717) is 12.2 Å². The third kappa shape index (κ3) is 4.39. The van der Waals surface area contributed by atoms with E-state index in [4.69, 9.17) is 0 Å². The fourth-order valence-corrected chi connectivity index (χ4v) is 2.58. The van der Waals surface area contributed by atoms with Crippen LogP contribution in [0.15, 0.2) is 28.7 Å². The monoisotopic (exact) mass is 379 g/mol. The van der Waals surface area contributed by atoms with Crippen LogP contribution < -0.4 is 5.32 Å². The third-order valence-corrected chi connectivity index (χ3v) is 4.32. The molecule has 0 fully saturated rings. The molecular formula is C16H22BrN5O. The summed E-state index contributed by atoms with van der Waals surface area (Å²) in [5.41, 5.74) is 1.97. The van der Waals surface area contributed by atoms with E-state index < -0.39 is 0 Å². The standard InChI is InChI=1S/C16H22BrN5O/c1-4-21(5-2)11-10-18-16(23)15-12(3)22(20-19-15)14-8-6-13(17)7-9-14/h6-9H,4-5,10-11H2,1-3H3,(H,18,23). The Kier molecular flexibility index (Phi) is 6.29. The molecule has 0 aliphatic carbocycles. The molecule has 2 rings (SSSR count). The molecular weight excluding hydrogens is 358 g/mol. The number of carbonyl (C=O) groups is 1. The molecule has 1 amide bonds. The van der Waals surface area contributed by atoms with Crippen LogP contribution in [0, 0.1) is 6.92 Å². The summed E-state index contributed by atoms with van der Waals surface area (Å²) < 4.78 is 2.67. The summed E-state index contributed by atoms with van der Waals surface area (Å²) in [6.45, 7) is 9.46. The molecule has 1 aromatic carbocycles. The first-order valence-corrected chi connectivity index (χ1v) is 8.54. The van der Waals surface area contributed by atoms with Crippen molar-refractivity contribution in [3.8, 4) is 5.69 Å². The highest BCUT2D eigenvalue weighted by Gasteiger charge is 2.17. The number of likely N-dealkylation sites (N-methyl/N-ethyl adjacent to an activating group) is 1. The zero-order valence-corrected chi connectivity index (χ0v) is 15.3. The highest BCUT2D eigenvalue weighted by molar-refractivity contribution is 9.10. The van der Waals surface area contributed by atoms with Gasteiger partial charge in [0, 0.05) is 17.6 Å². The average Bonchev–Trinajstić information content (AvgIpc) is 2.94. The first-order valence-electron chi connectivity index (χ1n) is 7.75. The van der Waals surface area contributed by atoms with Crippen molar-refractivity contribution in [1.82, 2.24) is 25.2 Å². The van der Waals surface area contributed by atoms with Crippen LogP contribution in [0.4, 0.5) is 0 Å². The molecule has 7 heteroatoms. The van der Waals surface area contributed by atoms with Crippen LogP contribution in [0.3, 0.4) is 0 Å². The molecule has 1 aromatic heterocycles. The Morgan fingerprint density at radius 1 is 1.26 bits per heavy atom. The number of benzene rings is 1. The fourth-order valence-electron chi connectivity index (χ4n) is 2.32.